The Bertz CT molecular complexity index is 604. The molecule has 1 aliphatic carbocycles. The number of piperidine rings is 1. The van der Waals surface area contributed by atoms with Gasteiger partial charge in [-0.05, 0) is 57.7 Å². The molecule has 2 atom stereocenters. The van der Waals surface area contributed by atoms with Crippen molar-refractivity contribution in [3.8, 4) is 0 Å². The van der Waals surface area contributed by atoms with Crippen LogP contribution in [0, 0.1) is 11.8 Å². The van der Waals surface area contributed by atoms with Gasteiger partial charge in [0, 0.05) is 37.7 Å². The fraction of sp³-hybridized carbons (Fsp3) is 0.789. The third kappa shape index (κ3) is 4.06. The quantitative estimate of drug-likeness (QED) is 0.883. The Labute approximate surface area is 149 Å². The second kappa shape index (κ2) is 7.08. The summed E-state index contributed by atoms with van der Waals surface area (Å²) in [5.41, 5.74) is 0.433. The zero-order valence-corrected chi connectivity index (χ0v) is 15.4. The van der Waals surface area contributed by atoms with Crippen LogP contribution < -0.4 is 5.32 Å². The smallest absolute Gasteiger partial charge is 0.273 e. The third-order valence-electron chi connectivity index (χ3n) is 6.10. The van der Waals surface area contributed by atoms with Crippen molar-refractivity contribution in [2.75, 3.05) is 39.8 Å². The maximum atomic E-state index is 12.5. The fourth-order valence-electron chi connectivity index (χ4n) is 4.21. The zero-order valence-electron chi connectivity index (χ0n) is 15.4. The highest BCUT2D eigenvalue weighted by Gasteiger charge is 2.34. The van der Waals surface area contributed by atoms with Gasteiger partial charge in [-0.1, -0.05) is 12.1 Å². The van der Waals surface area contributed by atoms with E-state index < -0.39 is 0 Å². The van der Waals surface area contributed by atoms with E-state index in [4.69, 9.17) is 4.52 Å². The second-order valence-electron chi connectivity index (χ2n) is 8.41. The van der Waals surface area contributed by atoms with E-state index in [1.54, 1.807) is 0 Å². The van der Waals surface area contributed by atoms with E-state index in [9.17, 15) is 4.79 Å². The number of nitrogens with one attached hydrogen (secondary N) is 1. The topological polar surface area (TPSA) is 61.6 Å². The Balaban J connectivity index is 1.28. The van der Waals surface area contributed by atoms with Crippen LogP contribution in [0.5, 0.6) is 0 Å². The summed E-state index contributed by atoms with van der Waals surface area (Å²) in [6, 6.07) is 2.03. The number of hydrogen-bond acceptors (Lipinski definition) is 5. The van der Waals surface area contributed by atoms with Crippen molar-refractivity contribution in [1.29, 1.82) is 0 Å². The summed E-state index contributed by atoms with van der Waals surface area (Å²) in [6.07, 6.45) is 4.90. The van der Waals surface area contributed by atoms with Crippen molar-refractivity contribution in [2.45, 2.75) is 44.6 Å². The van der Waals surface area contributed by atoms with E-state index in [2.05, 4.69) is 34.2 Å². The number of aromatic nitrogens is 1. The first-order valence-electron chi connectivity index (χ1n) is 9.77. The average Bonchev–Trinajstić information content (AvgIpc) is 3.22. The van der Waals surface area contributed by atoms with Gasteiger partial charge < -0.3 is 19.6 Å². The molecule has 138 valence electrons. The predicted octanol–water partition coefficient (Wildman–Crippen LogP) is 1.94. The van der Waals surface area contributed by atoms with Gasteiger partial charge in [0.2, 0.25) is 0 Å². The van der Waals surface area contributed by atoms with Crippen LogP contribution in [0.15, 0.2) is 10.6 Å². The maximum absolute atomic E-state index is 12.5. The van der Waals surface area contributed by atoms with Crippen LogP contribution in [0.4, 0.5) is 0 Å². The first kappa shape index (κ1) is 17.0. The summed E-state index contributed by atoms with van der Waals surface area (Å²) >= 11 is 0. The van der Waals surface area contributed by atoms with Crippen LogP contribution in [0.25, 0.3) is 0 Å². The van der Waals surface area contributed by atoms with E-state index in [1.165, 1.54) is 32.5 Å². The van der Waals surface area contributed by atoms with Crippen molar-refractivity contribution >= 4 is 5.91 Å². The Morgan fingerprint density at radius 1 is 1.28 bits per heavy atom. The van der Waals surface area contributed by atoms with Gasteiger partial charge in [0.05, 0.1) is 0 Å². The Morgan fingerprint density at radius 3 is 2.76 bits per heavy atom. The molecule has 6 nitrogen and oxygen atoms in total. The van der Waals surface area contributed by atoms with Gasteiger partial charge in [-0.3, -0.25) is 4.79 Å². The van der Waals surface area contributed by atoms with Gasteiger partial charge >= 0.3 is 0 Å². The SMILES string of the molecule is C[C@@H]1CN(CC2CCN(C)CC2)C[C@H]1NC(=O)c1cc(C2CC2)on1. The van der Waals surface area contributed by atoms with Crippen LogP contribution in [-0.2, 0) is 0 Å². The molecule has 3 fully saturated rings. The van der Waals surface area contributed by atoms with Crippen molar-refractivity contribution in [2.24, 2.45) is 11.8 Å². The van der Waals surface area contributed by atoms with Crippen molar-refractivity contribution in [3.63, 3.8) is 0 Å². The van der Waals surface area contributed by atoms with Crippen molar-refractivity contribution in [3.05, 3.63) is 17.5 Å². The second-order valence-corrected chi connectivity index (χ2v) is 8.41. The molecule has 2 saturated heterocycles. The molecule has 0 bridgehead atoms. The molecular formula is C19H30N4O2. The number of rotatable bonds is 5. The molecule has 3 heterocycles. The number of carbonyl (C=O) groups is 1. The lowest BCUT2D eigenvalue weighted by Gasteiger charge is -2.31. The van der Waals surface area contributed by atoms with Crippen molar-refractivity contribution in [1.82, 2.24) is 20.3 Å². The standard InChI is InChI=1S/C19H30N4O2/c1-13-10-23(11-14-5-7-22(2)8-6-14)12-17(13)20-19(24)16-9-18(25-21-16)15-3-4-15/h9,13-15,17H,3-8,10-12H2,1-2H3,(H,20,24)/t13-,17-/m1/s1. The van der Waals surface area contributed by atoms with Gasteiger partial charge in [-0.25, -0.2) is 0 Å². The number of likely N-dealkylation sites (tertiary alicyclic amines) is 2. The molecule has 3 aliphatic rings. The summed E-state index contributed by atoms with van der Waals surface area (Å²) in [5.74, 6) is 2.55. The fourth-order valence-corrected chi connectivity index (χ4v) is 4.21. The molecule has 0 unspecified atom stereocenters. The number of hydrogen-bond donors (Lipinski definition) is 1. The lowest BCUT2D eigenvalue weighted by molar-refractivity contribution is 0.0921. The number of nitrogens with zero attached hydrogens (tertiary/aromatic N) is 3. The van der Waals surface area contributed by atoms with Gasteiger partial charge in [0.1, 0.15) is 5.76 Å². The molecule has 1 amide bonds. The predicted molar refractivity (Wildman–Crippen MR) is 95.6 cm³/mol. The third-order valence-corrected chi connectivity index (χ3v) is 6.10. The summed E-state index contributed by atoms with van der Waals surface area (Å²) in [5, 5.41) is 7.14. The van der Waals surface area contributed by atoms with Crippen LogP contribution in [0.2, 0.25) is 0 Å². The van der Waals surface area contributed by atoms with Crippen LogP contribution in [0.3, 0.4) is 0 Å². The monoisotopic (exact) mass is 346 g/mol. The lowest BCUT2D eigenvalue weighted by atomic mass is 9.97. The van der Waals surface area contributed by atoms with E-state index in [1.807, 2.05) is 6.07 Å². The number of carbonyl (C=O) groups excluding carboxylic acids is 1. The molecule has 1 aromatic rings. The van der Waals surface area contributed by atoms with Gasteiger partial charge in [0.15, 0.2) is 5.69 Å². The van der Waals surface area contributed by atoms with E-state index in [-0.39, 0.29) is 11.9 Å². The molecule has 4 rings (SSSR count). The molecule has 0 spiro atoms. The highest BCUT2D eigenvalue weighted by molar-refractivity contribution is 5.92. The van der Waals surface area contributed by atoms with Crippen LogP contribution in [0.1, 0.15) is 54.8 Å². The summed E-state index contributed by atoms with van der Waals surface area (Å²) in [4.78, 5) is 17.4. The Kier molecular flexibility index (Phi) is 4.82. The molecule has 1 N–H and O–H groups in total. The lowest BCUT2D eigenvalue weighted by Crippen LogP contribution is -2.41. The zero-order chi connectivity index (χ0) is 17.4. The molecule has 2 aliphatic heterocycles. The first-order valence-corrected chi connectivity index (χ1v) is 9.77. The highest BCUT2D eigenvalue weighted by atomic mass is 16.5. The van der Waals surface area contributed by atoms with Crippen molar-refractivity contribution < 1.29 is 9.32 Å². The van der Waals surface area contributed by atoms with E-state index >= 15 is 0 Å². The Hall–Kier alpha value is -1.40. The van der Waals surface area contributed by atoms with Crippen LogP contribution in [-0.4, -0.2) is 66.7 Å². The minimum absolute atomic E-state index is 0.0892. The first-order chi connectivity index (χ1) is 12.1. The maximum Gasteiger partial charge on any atom is 0.273 e. The average molecular weight is 346 g/mol. The van der Waals surface area contributed by atoms with Gasteiger partial charge in [0.25, 0.3) is 5.91 Å². The normalized spacial score (nSPS) is 29.2. The molecule has 1 saturated carbocycles. The van der Waals surface area contributed by atoms with Crippen LogP contribution >= 0.6 is 0 Å². The highest BCUT2D eigenvalue weighted by Crippen LogP contribution is 2.40. The summed E-state index contributed by atoms with van der Waals surface area (Å²) in [6.45, 7) is 7.85. The minimum atomic E-state index is -0.0892. The molecular weight excluding hydrogens is 316 g/mol. The van der Waals surface area contributed by atoms with Gasteiger partial charge in [-0.2, -0.15) is 0 Å². The summed E-state index contributed by atoms with van der Waals surface area (Å²) in [7, 11) is 2.21. The molecule has 0 radical (unpaired) electrons. The Morgan fingerprint density at radius 2 is 2.04 bits per heavy atom. The largest absolute Gasteiger partial charge is 0.360 e. The minimum Gasteiger partial charge on any atom is -0.360 e. The number of amides is 1. The molecule has 1 aromatic heterocycles. The molecule has 25 heavy (non-hydrogen) atoms. The van der Waals surface area contributed by atoms with Gasteiger partial charge in [-0.15, -0.1) is 0 Å². The molecule has 0 aromatic carbocycles. The van der Waals surface area contributed by atoms with E-state index in [0.29, 0.717) is 17.5 Å². The molecule has 6 heteroatoms. The summed E-state index contributed by atoms with van der Waals surface area (Å²) < 4.78 is 5.31. The van der Waals surface area contributed by atoms with E-state index in [0.717, 1.165) is 37.6 Å².